The molecule has 2 aliphatic heterocycles. The molecule has 0 bridgehead atoms. The fourth-order valence-electron chi connectivity index (χ4n) is 2.57. The molecule has 1 fully saturated rings. The Morgan fingerprint density at radius 2 is 2.19 bits per heavy atom. The van der Waals surface area contributed by atoms with Crippen LogP contribution in [0.3, 0.4) is 0 Å². The third kappa shape index (κ3) is 1.74. The summed E-state index contributed by atoms with van der Waals surface area (Å²) in [6.45, 7) is 1.95. The van der Waals surface area contributed by atoms with Gasteiger partial charge in [0.25, 0.3) is 0 Å². The largest absolute Gasteiger partial charge is 0.385 e. The SMILES string of the molecule is OC1CCCn2nc(C3CCCCN3)nc21. The molecule has 16 heavy (non-hydrogen) atoms. The minimum Gasteiger partial charge on any atom is -0.385 e. The lowest BCUT2D eigenvalue weighted by Gasteiger charge is -2.20. The molecule has 3 rings (SSSR count). The van der Waals surface area contributed by atoms with Crippen LogP contribution in [0.25, 0.3) is 0 Å². The summed E-state index contributed by atoms with van der Waals surface area (Å²) in [4.78, 5) is 4.49. The molecule has 1 aromatic rings. The Balaban J connectivity index is 1.85. The van der Waals surface area contributed by atoms with E-state index in [2.05, 4.69) is 15.4 Å². The van der Waals surface area contributed by atoms with Crippen molar-refractivity contribution < 1.29 is 5.11 Å². The van der Waals surface area contributed by atoms with E-state index < -0.39 is 6.10 Å². The van der Waals surface area contributed by atoms with Gasteiger partial charge in [0.1, 0.15) is 6.10 Å². The topological polar surface area (TPSA) is 63.0 Å². The minimum atomic E-state index is -0.418. The smallest absolute Gasteiger partial charge is 0.167 e. The van der Waals surface area contributed by atoms with Crippen molar-refractivity contribution in [3.05, 3.63) is 11.6 Å². The predicted octanol–water partition coefficient (Wildman–Crippen LogP) is 0.920. The lowest BCUT2D eigenvalue weighted by Crippen LogP contribution is -2.27. The molecular weight excluding hydrogens is 204 g/mol. The maximum absolute atomic E-state index is 9.83. The molecule has 5 nitrogen and oxygen atoms in total. The zero-order chi connectivity index (χ0) is 11.0. The van der Waals surface area contributed by atoms with Crippen molar-refractivity contribution in [2.75, 3.05) is 6.54 Å². The van der Waals surface area contributed by atoms with Gasteiger partial charge < -0.3 is 10.4 Å². The van der Waals surface area contributed by atoms with Crippen molar-refractivity contribution in [3.63, 3.8) is 0 Å². The van der Waals surface area contributed by atoms with Crippen molar-refractivity contribution in [3.8, 4) is 0 Å². The Hall–Kier alpha value is -0.940. The number of hydrogen-bond donors (Lipinski definition) is 2. The lowest BCUT2D eigenvalue weighted by molar-refractivity contribution is 0.130. The molecule has 2 atom stereocenters. The van der Waals surface area contributed by atoms with Gasteiger partial charge in [-0.3, -0.25) is 0 Å². The number of nitrogens with zero attached hydrogens (tertiary/aromatic N) is 3. The highest BCUT2D eigenvalue weighted by Gasteiger charge is 2.26. The molecule has 88 valence electrons. The highest BCUT2D eigenvalue weighted by molar-refractivity contribution is 5.03. The summed E-state index contributed by atoms with van der Waals surface area (Å²) in [5.41, 5.74) is 0. The van der Waals surface area contributed by atoms with E-state index in [0.29, 0.717) is 6.04 Å². The average Bonchev–Trinajstić information content (AvgIpc) is 2.76. The van der Waals surface area contributed by atoms with Crippen LogP contribution in [0.2, 0.25) is 0 Å². The summed E-state index contributed by atoms with van der Waals surface area (Å²) in [6.07, 6.45) is 4.99. The van der Waals surface area contributed by atoms with Crippen molar-refractivity contribution in [2.24, 2.45) is 0 Å². The first kappa shape index (κ1) is 10.2. The number of fused-ring (bicyclic) bond motifs is 1. The second-order valence-electron chi connectivity index (χ2n) is 4.71. The predicted molar refractivity (Wildman–Crippen MR) is 58.8 cm³/mol. The molecule has 1 saturated heterocycles. The van der Waals surface area contributed by atoms with Gasteiger partial charge in [-0.25, -0.2) is 9.67 Å². The second-order valence-corrected chi connectivity index (χ2v) is 4.71. The summed E-state index contributed by atoms with van der Waals surface area (Å²) in [7, 11) is 0. The molecule has 2 aliphatic rings. The second kappa shape index (κ2) is 4.14. The number of hydrogen-bond acceptors (Lipinski definition) is 4. The summed E-state index contributed by atoms with van der Waals surface area (Å²) in [5.74, 6) is 1.63. The molecule has 1 aromatic heterocycles. The summed E-state index contributed by atoms with van der Waals surface area (Å²) in [5, 5.41) is 17.8. The average molecular weight is 222 g/mol. The summed E-state index contributed by atoms with van der Waals surface area (Å²) >= 11 is 0. The van der Waals surface area contributed by atoms with E-state index in [0.717, 1.165) is 44.0 Å². The van der Waals surface area contributed by atoms with E-state index in [4.69, 9.17) is 0 Å². The van der Waals surface area contributed by atoms with Crippen molar-refractivity contribution in [2.45, 2.75) is 50.8 Å². The van der Waals surface area contributed by atoms with E-state index in [1.54, 1.807) is 0 Å². The number of piperidine rings is 1. The third-order valence-corrected chi connectivity index (χ3v) is 3.48. The van der Waals surface area contributed by atoms with Crippen molar-refractivity contribution >= 4 is 0 Å². The molecule has 0 radical (unpaired) electrons. The maximum Gasteiger partial charge on any atom is 0.167 e. The fourth-order valence-corrected chi connectivity index (χ4v) is 2.57. The fraction of sp³-hybridized carbons (Fsp3) is 0.818. The Kier molecular flexibility index (Phi) is 2.65. The van der Waals surface area contributed by atoms with Crippen molar-refractivity contribution in [1.29, 1.82) is 0 Å². The van der Waals surface area contributed by atoms with Gasteiger partial charge in [0.15, 0.2) is 11.6 Å². The number of aryl methyl sites for hydroxylation is 1. The van der Waals surface area contributed by atoms with E-state index in [1.807, 2.05) is 4.68 Å². The number of rotatable bonds is 1. The third-order valence-electron chi connectivity index (χ3n) is 3.48. The van der Waals surface area contributed by atoms with Crippen LogP contribution >= 0.6 is 0 Å². The van der Waals surface area contributed by atoms with Gasteiger partial charge in [0.05, 0.1) is 6.04 Å². The molecule has 2 unspecified atom stereocenters. The maximum atomic E-state index is 9.83. The minimum absolute atomic E-state index is 0.291. The summed E-state index contributed by atoms with van der Waals surface area (Å²) in [6, 6.07) is 0.291. The Morgan fingerprint density at radius 1 is 1.25 bits per heavy atom. The molecule has 0 aromatic carbocycles. The van der Waals surface area contributed by atoms with Crippen LogP contribution in [0, 0.1) is 0 Å². The highest BCUT2D eigenvalue weighted by Crippen LogP contribution is 2.26. The number of aliphatic hydroxyl groups excluding tert-OH is 1. The van der Waals surface area contributed by atoms with Crippen LogP contribution in [0.4, 0.5) is 0 Å². The van der Waals surface area contributed by atoms with Gasteiger partial charge in [-0.05, 0) is 32.2 Å². The van der Waals surface area contributed by atoms with Crippen LogP contribution in [0.1, 0.15) is 55.9 Å². The molecule has 5 heteroatoms. The van der Waals surface area contributed by atoms with E-state index in [-0.39, 0.29) is 0 Å². The van der Waals surface area contributed by atoms with Crippen molar-refractivity contribution in [1.82, 2.24) is 20.1 Å². The van der Waals surface area contributed by atoms with Gasteiger partial charge in [0, 0.05) is 6.54 Å². The zero-order valence-electron chi connectivity index (χ0n) is 9.39. The molecule has 0 saturated carbocycles. The van der Waals surface area contributed by atoms with Gasteiger partial charge in [-0.2, -0.15) is 5.10 Å². The van der Waals surface area contributed by atoms with Crippen LogP contribution in [-0.2, 0) is 6.54 Å². The zero-order valence-corrected chi connectivity index (χ0v) is 9.39. The summed E-state index contributed by atoms with van der Waals surface area (Å²) < 4.78 is 1.87. The lowest BCUT2D eigenvalue weighted by atomic mass is 10.0. The van der Waals surface area contributed by atoms with Gasteiger partial charge in [-0.15, -0.1) is 0 Å². The number of aliphatic hydroxyl groups is 1. The van der Waals surface area contributed by atoms with E-state index in [1.165, 1.54) is 12.8 Å². The van der Waals surface area contributed by atoms with E-state index >= 15 is 0 Å². The molecule has 0 aliphatic carbocycles. The van der Waals surface area contributed by atoms with Crippen LogP contribution in [0.15, 0.2) is 0 Å². The molecule has 3 heterocycles. The van der Waals surface area contributed by atoms with Gasteiger partial charge in [-0.1, -0.05) is 6.42 Å². The van der Waals surface area contributed by atoms with Crippen LogP contribution in [-0.4, -0.2) is 26.4 Å². The first-order valence-corrected chi connectivity index (χ1v) is 6.20. The monoisotopic (exact) mass is 222 g/mol. The Morgan fingerprint density at radius 3 is 2.94 bits per heavy atom. The van der Waals surface area contributed by atoms with Crippen LogP contribution in [0.5, 0.6) is 0 Å². The molecular formula is C11H18N4O. The highest BCUT2D eigenvalue weighted by atomic mass is 16.3. The first-order valence-electron chi connectivity index (χ1n) is 6.20. The van der Waals surface area contributed by atoms with Gasteiger partial charge in [0.2, 0.25) is 0 Å². The van der Waals surface area contributed by atoms with Crippen LogP contribution < -0.4 is 5.32 Å². The molecule has 2 N–H and O–H groups in total. The quantitative estimate of drug-likeness (QED) is 0.741. The van der Waals surface area contributed by atoms with Gasteiger partial charge >= 0.3 is 0 Å². The standard InChI is InChI=1S/C11H18N4O/c16-9-5-3-7-15-11(9)13-10(14-15)8-4-1-2-6-12-8/h8-9,12,16H,1-7H2. The Bertz CT molecular complexity index is 370. The van der Waals surface area contributed by atoms with E-state index in [9.17, 15) is 5.11 Å². The first-order chi connectivity index (χ1) is 7.84. The molecule has 0 spiro atoms. The Labute approximate surface area is 94.9 Å². The number of nitrogens with one attached hydrogen (secondary N) is 1. The normalized spacial score (nSPS) is 30.1. The molecule has 0 amide bonds. The number of aromatic nitrogens is 3.